The van der Waals surface area contributed by atoms with Crippen LogP contribution < -0.4 is 10.6 Å². The lowest BCUT2D eigenvalue weighted by Gasteiger charge is -2.39. The van der Waals surface area contributed by atoms with Crippen LogP contribution in [-0.4, -0.2) is 54.1 Å². The first-order chi connectivity index (χ1) is 8.80. The van der Waals surface area contributed by atoms with Crippen LogP contribution in [0, 0.1) is 5.41 Å². The molecule has 7 heteroatoms. The number of amides is 3. The summed E-state index contributed by atoms with van der Waals surface area (Å²) in [7, 11) is 1.43. The average molecular weight is 271 g/mol. The number of urea groups is 1. The van der Waals surface area contributed by atoms with E-state index >= 15 is 0 Å². The largest absolute Gasteiger partial charge is 0.481 e. The quantitative estimate of drug-likeness (QED) is 0.672. The van der Waals surface area contributed by atoms with Gasteiger partial charge in [-0.3, -0.25) is 19.8 Å². The van der Waals surface area contributed by atoms with Crippen molar-refractivity contribution in [1.82, 2.24) is 15.5 Å². The first-order valence-electron chi connectivity index (χ1n) is 6.30. The maximum Gasteiger partial charge on any atom is 0.321 e. The van der Waals surface area contributed by atoms with E-state index in [0.717, 1.165) is 6.42 Å². The van der Waals surface area contributed by atoms with Gasteiger partial charge >= 0.3 is 12.0 Å². The highest BCUT2D eigenvalue weighted by Gasteiger charge is 2.40. The highest BCUT2D eigenvalue weighted by Crippen LogP contribution is 2.30. The van der Waals surface area contributed by atoms with E-state index in [1.165, 1.54) is 7.05 Å². The maximum absolute atomic E-state index is 11.8. The second-order valence-electron chi connectivity index (χ2n) is 5.18. The van der Waals surface area contributed by atoms with Gasteiger partial charge in [0.2, 0.25) is 5.91 Å². The summed E-state index contributed by atoms with van der Waals surface area (Å²) in [6.45, 7) is 4.33. The number of nitrogens with one attached hydrogen (secondary N) is 2. The lowest BCUT2D eigenvalue weighted by Crippen LogP contribution is -2.55. The lowest BCUT2D eigenvalue weighted by molar-refractivity contribution is -0.152. The Bertz CT molecular complexity index is 385. The number of carbonyl (C=O) groups excluding carboxylic acids is 2. The van der Waals surface area contributed by atoms with Crippen LogP contribution in [0.1, 0.15) is 26.7 Å². The molecule has 1 heterocycles. The van der Waals surface area contributed by atoms with Gasteiger partial charge in [-0.1, -0.05) is 0 Å². The Balaban J connectivity index is 2.66. The van der Waals surface area contributed by atoms with Gasteiger partial charge in [0.1, 0.15) is 0 Å². The molecule has 3 N–H and O–H groups in total. The number of hydrogen-bond donors (Lipinski definition) is 3. The molecule has 0 spiro atoms. The van der Waals surface area contributed by atoms with Crippen molar-refractivity contribution in [2.24, 2.45) is 5.41 Å². The molecule has 108 valence electrons. The van der Waals surface area contributed by atoms with E-state index in [1.54, 1.807) is 18.7 Å². The Labute approximate surface area is 112 Å². The van der Waals surface area contributed by atoms with E-state index in [9.17, 15) is 19.5 Å². The van der Waals surface area contributed by atoms with Crippen LogP contribution in [0.3, 0.4) is 0 Å². The second kappa shape index (κ2) is 6.01. The summed E-state index contributed by atoms with van der Waals surface area (Å²) < 4.78 is 0. The topological polar surface area (TPSA) is 98.7 Å². The Kier molecular flexibility index (Phi) is 4.88. The average Bonchev–Trinajstić information content (AvgIpc) is 2.37. The summed E-state index contributed by atoms with van der Waals surface area (Å²) in [6.07, 6.45) is 1.32. The fourth-order valence-electron chi connectivity index (χ4n) is 2.23. The van der Waals surface area contributed by atoms with Gasteiger partial charge in [0, 0.05) is 13.6 Å². The smallest absolute Gasteiger partial charge is 0.321 e. The van der Waals surface area contributed by atoms with Crippen LogP contribution in [0.4, 0.5) is 4.79 Å². The van der Waals surface area contributed by atoms with Gasteiger partial charge in [-0.25, -0.2) is 4.79 Å². The predicted molar refractivity (Wildman–Crippen MR) is 68.6 cm³/mol. The number of aliphatic carboxylic acids is 1. The van der Waals surface area contributed by atoms with Crippen molar-refractivity contribution in [3.8, 4) is 0 Å². The fraction of sp³-hybridized carbons (Fsp3) is 0.750. The standard InChI is InChI=1S/C12H21N3O4/c1-8(9(16)14-11(19)13-3)15-6-4-5-12(2,7-15)10(17)18/h8H,4-7H2,1-3H3,(H,17,18)(H2,13,14,16,19). The van der Waals surface area contributed by atoms with Gasteiger partial charge in [-0.2, -0.15) is 0 Å². The number of nitrogens with zero attached hydrogens (tertiary/aromatic N) is 1. The summed E-state index contributed by atoms with van der Waals surface area (Å²) in [5, 5.41) is 13.7. The summed E-state index contributed by atoms with van der Waals surface area (Å²) in [6, 6.07) is -1.09. The molecule has 0 saturated carbocycles. The van der Waals surface area contributed by atoms with Crippen molar-refractivity contribution in [2.75, 3.05) is 20.1 Å². The minimum atomic E-state index is -0.851. The number of likely N-dealkylation sites (tertiary alicyclic amines) is 1. The van der Waals surface area contributed by atoms with Crippen LogP contribution >= 0.6 is 0 Å². The number of piperidine rings is 1. The molecular formula is C12H21N3O4. The van der Waals surface area contributed by atoms with Crippen LogP contribution in [0.15, 0.2) is 0 Å². The van der Waals surface area contributed by atoms with Crippen molar-refractivity contribution in [3.63, 3.8) is 0 Å². The molecule has 1 aliphatic heterocycles. The molecule has 1 rings (SSSR count). The van der Waals surface area contributed by atoms with E-state index < -0.39 is 29.4 Å². The summed E-state index contributed by atoms with van der Waals surface area (Å²) >= 11 is 0. The zero-order chi connectivity index (χ0) is 14.6. The van der Waals surface area contributed by atoms with Crippen LogP contribution in [0.25, 0.3) is 0 Å². The normalized spacial score (nSPS) is 25.4. The Morgan fingerprint density at radius 1 is 1.37 bits per heavy atom. The molecule has 2 unspecified atom stereocenters. The Morgan fingerprint density at radius 2 is 2.00 bits per heavy atom. The Morgan fingerprint density at radius 3 is 2.53 bits per heavy atom. The molecule has 2 atom stereocenters. The first kappa shape index (κ1) is 15.4. The number of carboxylic acid groups (broad SMARTS) is 1. The van der Waals surface area contributed by atoms with Crippen molar-refractivity contribution in [1.29, 1.82) is 0 Å². The molecule has 0 aromatic heterocycles. The molecule has 0 radical (unpaired) electrons. The predicted octanol–water partition coefficient (Wildman–Crippen LogP) is 0.0172. The minimum absolute atomic E-state index is 0.310. The van der Waals surface area contributed by atoms with E-state index in [-0.39, 0.29) is 0 Å². The SMILES string of the molecule is CNC(=O)NC(=O)C(C)N1CCCC(C)(C(=O)O)C1. The van der Waals surface area contributed by atoms with Gasteiger partial charge in [-0.15, -0.1) is 0 Å². The number of carboxylic acids is 1. The summed E-state index contributed by atoms with van der Waals surface area (Å²) in [5.74, 6) is -1.27. The monoisotopic (exact) mass is 271 g/mol. The van der Waals surface area contributed by atoms with E-state index in [0.29, 0.717) is 19.5 Å². The minimum Gasteiger partial charge on any atom is -0.481 e. The molecule has 1 fully saturated rings. The number of carbonyl (C=O) groups is 3. The Hall–Kier alpha value is -1.63. The third kappa shape index (κ3) is 3.66. The molecule has 1 saturated heterocycles. The van der Waals surface area contributed by atoms with Crippen molar-refractivity contribution >= 4 is 17.9 Å². The fourth-order valence-corrected chi connectivity index (χ4v) is 2.23. The van der Waals surface area contributed by atoms with Gasteiger partial charge in [-0.05, 0) is 33.2 Å². The van der Waals surface area contributed by atoms with Crippen molar-refractivity contribution < 1.29 is 19.5 Å². The third-order valence-electron chi connectivity index (χ3n) is 3.63. The number of rotatable bonds is 3. The molecule has 7 nitrogen and oxygen atoms in total. The number of imide groups is 1. The van der Waals surface area contributed by atoms with Gasteiger partial charge in [0.05, 0.1) is 11.5 Å². The molecule has 0 aromatic carbocycles. The zero-order valence-corrected chi connectivity index (χ0v) is 11.5. The molecule has 0 aromatic rings. The second-order valence-corrected chi connectivity index (χ2v) is 5.18. The van der Waals surface area contributed by atoms with Gasteiger partial charge < -0.3 is 10.4 Å². The molecule has 3 amide bonds. The van der Waals surface area contributed by atoms with E-state index in [1.807, 2.05) is 0 Å². The summed E-state index contributed by atoms with van der Waals surface area (Å²) in [4.78, 5) is 36.0. The third-order valence-corrected chi connectivity index (χ3v) is 3.63. The maximum atomic E-state index is 11.8. The van der Waals surface area contributed by atoms with Crippen LogP contribution in [-0.2, 0) is 9.59 Å². The highest BCUT2D eigenvalue weighted by atomic mass is 16.4. The zero-order valence-electron chi connectivity index (χ0n) is 11.5. The van der Waals surface area contributed by atoms with Crippen LogP contribution in [0.5, 0.6) is 0 Å². The van der Waals surface area contributed by atoms with Gasteiger partial charge in [0.15, 0.2) is 0 Å². The summed E-state index contributed by atoms with van der Waals surface area (Å²) in [5.41, 5.74) is -0.834. The molecular weight excluding hydrogens is 250 g/mol. The lowest BCUT2D eigenvalue weighted by atomic mass is 9.81. The van der Waals surface area contributed by atoms with Crippen LogP contribution in [0.2, 0.25) is 0 Å². The van der Waals surface area contributed by atoms with Crippen molar-refractivity contribution in [2.45, 2.75) is 32.7 Å². The molecule has 19 heavy (non-hydrogen) atoms. The highest BCUT2D eigenvalue weighted by molar-refractivity contribution is 5.96. The van der Waals surface area contributed by atoms with E-state index in [4.69, 9.17) is 0 Å². The number of hydrogen-bond acceptors (Lipinski definition) is 4. The molecule has 0 bridgehead atoms. The molecule has 0 aliphatic carbocycles. The molecule has 1 aliphatic rings. The first-order valence-corrected chi connectivity index (χ1v) is 6.30. The van der Waals surface area contributed by atoms with Gasteiger partial charge in [0.25, 0.3) is 0 Å². The van der Waals surface area contributed by atoms with Crippen molar-refractivity contribution in [3.05, 3.63) is 0 Å². The van der Waals surface area contributed by atoms with E-state index in [2.05, 4.69) is 10.6 Å².